The average molecular weight is 192 g/mol. The van der Waals surface area contributed by atoms with Crippen LogP contribution in [0.2, 0.25) is 0 Å². The molecule has 0 heterocycles. The Bertz CT molecular complexity index is 362. The molecule has 1 aromatic rings. The van der Waals surface area contributed by atoms with Crippen molar-refractivity contribution in [3.05, 3.63) is 35.4 Å². The van der Waals surface area contributed by atoms with Crippen LogP contribution in [0, 0.1) is 5.41 Å². The van der Waals surface area contributed by atoms with Crippen molar-refractivity contribution in [3.8, 4) is 0 Å². The molecule has 0 atom stereocenters. The van der Waals surface area contributed by atoms with Crippen LogP contribution in [-0.4, -0.2) is 11.9 Å². The van der Waals surface area contributed by atoms with Crippen molar-refractivity contribution >= 4 is 11.9 Å². The molecule has 6 N–H and O–H groups in total. The molecule has 0 fully saturated rings. The normalized spacial score (nSPS) is 9.43. The first-order chi connectivity index (χ1) is 6.59. The van der Waals surface area contributed by atoms with Gasteiger partial charge in [-0.1, -0.05) is 18.2 Å². The number of primary amides is 1. The first-order valence-electron chi connectivity index (χ1n) is 4.06. The molecule has 0 radical (unpaired) electrons. The lowest BCUT2D eigenvalue weighted by molar-refractivity contribution is 0.248. The Morgan fingerprint density at radius 2 is 2.14 bits per heavy atom. The number of nitrogen functional groups attached to an aromatic ring is 1. The summed E-state index contributed by atoms with van der Waals surface area (Å²) in [6.45, 7) is 0.344. The van der Waals surface area contributed by atoms with Crippen LogP contribution >= 0.6 is 0 Å². The van der Waals surface area contributed by atoms with Gasteiger partial charge in [0.15, 0.2) is 0 Å². The number of benzene rings is 1. The average Bonchev–Trinajstić information content (AvgIpc) is 2.15. The number of amides is 2. The maximum atomic E-state index is 10.4. The van der Waals surface area contributed by atoms with Crippen LogP contribution in [0.4, 0.5) is 4.79 Å². The summed E-state index contributed by atoms with van der Waals surface area (Å²) < 4.78 is 0. The maximum Gasteiger partial charge on any atom is 0.312 e. The zero-order chi connectivity index (χ0) is 10.6. The lowest BCUT2D eigenvalue weighted by Gasteiger charge is -2.04. The summed E-state index contributed by atoms with van der Waals surface area (Å²) in [5.74, 6) is 0.00549. The molecule has 0 saturated heterocycles. The van der Waals surface area contributed by atoms with E-state index in [4.69, 9.17) is 16.9 Å². The molecule has 0 aromatic heterocycles. The molecule has 0 spiro atoms. The van der Waals surface area contributed by atoms with E-state index in [9.17, 15) is 4.79 Å². The summed E-state index contributed by atoms with van der Waals surface area (Å²) in [6.07, 6.45) is 0. The monoisotopic (exact) mass is 192 g/mol. The minimum Gasteiger partial charge on any atom is -0.384 e. The summed E-state index contributed by atoms with van der Waals surface area (Å²) >= 11 is 0. The number of nitrogens with one attached hydrogen (secondary N) is 2. The maximum absolute atomic E-state index is 10.4. The fourth-order valence-electron chi connectivity index (χ4n) is 1.04. The van der Waals surface area contributed by atoms with Gasteiger partial charge in [0.05, 0.1) is 0 Å². The molecule has 74 valence electrons. The second-order valence-electron chi connectivity index (χ2n) is 2.83. The zero-order valence-electron chi connectivity index (χ0n) is 7.58. The van der Waals surface area contributed by atoms with Gasteiger partial charge in [0, 0.05) is 12.1 Å². The quantitative estimate of drug-likeness (QED) is 0.404. The highest BCUT2D eigenvalue weighted by molar-refractivity contribution is 5.95. The molecule has 0 aliphatic rings. The minimum absolute atomic E-state index is 0.00549. The highest BCUT2D eigenvalue weighted by Gasteiger charge is 1.99. The third kappa shape index (κ3) is 2.78. The van der Waals surface area contributed by atoms with Crippen molar-refractivity contribution < 1.29 is 4.79 Å². The third-order valence-electron chi connectivity index (χ3n) is 1.70. The van der Waals surface area contributed by atoms with Crippen LogP contribution in [-0.2, 0) is 6.54 Å². The molecule has 1 aromatic carbocycles. The Balaban J connectivity index is 2.73. The first-order valence-corrected chi connectivity index (χ1v) is 4.06. The molecule has 14 heavy (non-hydrogen) atoms. The van der Waals surface area contributed by atoms with Gasteiger partial charge in [-0.3, -0.25) is 5.41 Å². The van der Waals surface area contributed by atoms with Gasteiger partial charge in [0.25, 0.3) is 0 Å². The molecule has 2 amide bonds. The topological polar surface area (TPSA) is 105 Å². The summed E-state index contributed by atoms with van der Waals surface area (Å²) in [5, 5.41) is 9.67. The molecule has 0 unspecified atom stereocenters. The van der Waals surface area contributed by atoms with Crippen molar-refractivity contribution in [2.24, 2.45) is 11.5 Å². The summed E-state index contributed by atoms with van der Waals surface area (Å²) in [7, 11) is 0. The molecule has 0 aliphatic carbocycles. The third-order valence-corrected chi connectivity index (χ3v) is 1.70. The highest BCUT2D eigenvalue weighted by atomic mass is 16.2. The van der Waals surface area contributed by atoms with Crippen molar-refractivity contribution in [2.45, 2.75) is 6.54 Å². The van der Waals surface area contributed by atoms with E-state index >= 15 is 0 Å². The lowest BCUT2D eigenvalue weighted by Crippen LogP contribution is -2.28. The second-order valence-corrected chi connectivity index (χ2v) is 2.83. The summed E-state index contributed by atoms with van der Waals surface area (Å²) in [5.41, 5.74) is 11.7. The van der Waals surface area contributed by atoms with Crippen molar-refractivity contribution in [1.29, 1.82) is 5.41 Å². The molecule has 0 aliphatic heterocycles. The van der Waals surface area contributed by atoms with E-state index in [1.54, 1.807) is 18.2 Å². The number of carbonyl (C=O) groups is 1. The smallest absolute Gasteiger partial charge is 0.312 e. The van der Waals surface area contributed by atoms with Crippen LogP contribution in [0.3, 0.4) is 0 Å². The van der Waals surface area contributed by atoms with Gasteiger partial charge in [0.1, 0.15) is 5.84 Å². The van der Waals surface area contributed by atoms with Crippen LogP contribution in [0.25, 0.3) is 0 Å². The molecule has 5 nitrogen and oxygen atoms in total. The Labute approximate surface area is 81.6 Å². The standard InChI is InChI=1S/C9H12N4O/c10-8(11)7-3-1-2-6(4-7)5-13-9(12)14/h1-4H,5H2,(H3,10,11)(H3,12,13,14). The lowest BCUT2D eigenvalue weighted by atomic mass is 10.1. The van der Waals surface area contributed by atoms with Gasteiger partial charge in [-0.25, -0.2) is 4.79 Å². The molecule has 0 bridgehead atoms. The number of urea groups is 1. The van der Waals surface area contributed by atoms with E-state index < -0.39 is 6.03 Å². The Morgan fingerprint density at radius 1 is 1.43 bits per heavy atom. The van der Waals surface area contributed by atoms with Crippen LogP contribution in [0.5, 0.6) is 0 Å². The largest absolute Gasteiger partial charge is 0.384 e. The molecule has 1 rings (SSSR count). The van der Waals surface area contributed by atoms with E-state index in [1.165, 1.54) is 0 Å². The Morgan fingerprint density at radius 3 is 2.71 bits per heavy atom. The zero-order valence-corrected chi connectivity index (χ0v) is 7.58. The fourth-order valence-corrected chi connectivity index (χ4v) is 1.04. The van der Waals surface area contributed by atoms with Gasteiger partial charge in [-0.05, 0) is 11.6 Å². The Hall–Kier alpha value is -2.04. The van der Waals surface area contributed by atoms with Gasteiger partial charge < -0.3 is 16.8 Å². The second kappa shape index (κ2) is 4.27. The minimum atomic E-state index is -0.571. The number of nitrogens with two attached hydrogens (primary N) is 2. The van der Waals surface area contributed by atoms with Gasteiger partial charge in [-0.15, -0.1) is 0 Å². The SMILES string of the molecule is N=C(N)c1cccc(CNC(N)=O)c1. The van der Waals surface area contributed by atoms with Crippen molar-refractivity contribution in [2.75, 3.05) is 0 Å². The van der Waals surface area contributed by atoms with Crippen LogP contribution < -0.4 is 16.8 Å². The summed E-state index contributed by atoms with van der Waals surface area (Å²) in [4.78, 5) is 10.4. The van der Waals surface area contributed by atoms with E-state index in [1.807, 2.05) is 6.07 Å². The van der Waals surface area contributed by atoms with Crippen LogP contribution in [0.15, 0.2) is 24.3 Å². The van der Waals surface area contributed by atoms with Crippen molar-refractivity contribution in [1.82, 2.24) is 5.32 Å². The van der Waals surface area contributed by atoms with Gasteiger partial charge in [-0.2, -0.15) is 0 Å². The number of carbonyl (C=O) groups excluding carboxylic acids is 1. The fraction of sp³-hybridized carbons (Fsp3) is 0.111. The van der Waals surface area contributed by atoms with Gasteiger partial charge >= 0.3 is 6.03 Å². The van der Waals surface area contributed by atoms with E-state index in [0.717, 1.165) is 5.56 Å². The number of hydrogen-bond acceptors (Lipinski definition) is 2. The number of rotatable bonds is 3. The molecule has 5 heteroatoms. The molecular formula is C9H12N4O. The molecule has 0 saturated carbocycles. The Kier molecular flexibility index (Phi) is 3.06. The number of hydrogen-bond donors (Lipinski definition) is 4. The summed E-state index contributed by atoms with van der Waals surface area (Å²) in [6, 6.07) is 6.49. The molecular weight excluding hydrogens is 180 g/mol. The number of amidine groups is 1. The van der Waals surface area contributed by atoms with Gasteiger partial charge in [0.2, 0.25) is 0 Å². The van der Waals surface area contributed by atoms with E-state index in [-0.39, 0.29) is 5.84 Å². The van der Waals surface area contributed by atoms with Crippen LogP contribution in [0.1, 0.15) is 11.1 Å². The van der Waals surface area contributed by atoms with E-state index in [0.29, 0.717) is 12.1 Å². The predicted molar refractivity (Wildman–Crippen MR) is 53.9 cm³/mol. The predicted octanol–water partition coefficient (Wildman–Crippen LogP) is 0.139. The highest BCUT2D eigenvalue weighted by Crippen LogP contribution is 2.03. The van der Waals surface area contributed by atoms with Crippen molar-refractivity contribution in [3.63, 3.8) is 0 Å². The first kappa shape index (κ1) is 10.0. The van der Waals surface area contributed by atoms with E-state index in [2.05, 4.69) is 5.32 Å².